The number of aromatic amines is 1. The largest absolute Gasteiger partial charge is 0.355 e. The SMILES string of the molecule is Fc1cccc2cc(CN3CCCCC3)[nH]c12. The molecule has 0 atom stereocenters. The number of hydrogen-bond acceptors (Lipinski definition) is 1. The number of aromatic nitrogens is 1. The number of halogens is 1. The minimum absolute atomic E-state index is 0.160. The van der Waals surface area contributed by atoms with E-state index in [2.05, 4.69) is 16.0 Å². The topological polar surface area (TPSA) is 19.0 Å². The normalized spacial score (nSPS) is 17.7. The summed E-state index contributed by atoms with van der Waals surface area (Å²) in [5.41, 5.74) is 1.76. The van der Waals surface area contributed by atoms with Crippen molar-refractivity contribution in [3.63, 3.8) is 0 Å². The maximum Gasteiger partial charge on any atom is 0.147 e. The fraction of sp³-hybridized carbons (Fsp3) is 0.429. The zero-order chi connectivity index (χ0) is 11.7. The van der Waals surface area contributed by atoms with Crippen LogP contribution in [0.15, 0.2) is 24.3 Å². The van der Waals surface area contributed by atoms with Gasteiger partial charge in [0, 0.05) is 17.6 Å². The van der Waals surface area contributed by atoms with Gasteiger partial charge in [0.1, 0.15) is 5.82 Å². The van der Waals surface area contributed by atoms with Crippen LogP contribution in [0.25, 0.3) is 10.9 Å². The molecule has 2 heterocycles. The third-order valence-electron chi connectivity index (χ3n) is 3.50. The molecule has 3 heteroatoms. The Bertz CT molecular complexity index is 512. The lowest BCUT2D eigenvalue weighted by atomic mass is 10.1. The van der Waals surface area contributed by atoms with Crippen LogP contribution in [0, 0.1) is 5.82 Å². The van der Waals surface area contributed by atoms with Gasteiger partial charge in [0.15, 0.2) is 0 Å². The predicted molar refractivity (Wildman–Crippen MR) is 67.4 cm³/mol. The van der Waals surface area contributed by atoms with Crippen molar-refractivity contribution in [1.82, 2.24) is 9.88 Å². The van der Waals surface area contributed by atoms with Crippen LogP contribution in [0.4, 0.5) is 4.39 Å². The predicted octanol–water partition coefficient (Wildman–Crippen LogP) is 3.29. The molecule has 0 radical (unpaired) electrons. The summed E-state index contributed by atoms with van der Waals surface area (Å²) in [6, 6.07) is 7.28. The zero-order valence-electron chi connectivity index (χ0n) is 9.88. The molecule has 3 rings (SSSR count). The van der Waals surface area contributed by atoms with E-state index in [9.17, 15) is 4.39 Å². The molecular weight excluding hydrogens is 215 g/mol. The minimum Gasteiger partial charge on any atom is -0.355 e. The first kappa shape index (κ1) is 10.8. The highest BCUT2D eigenvalue weighted by molar-refractivity contribution is 5.80. The maximum absolute atomic E-state index is 13.5. The number of likely N-dealkylation sites (tertiary alicyclic amines) is 1. The summed E-state index contributed by atoms with van der Waals surface area (Å²) in [4.78, 5) is 5.63. The molecule has 1 N–H and O–H groups in total. The number of nitrogens with one attached hydrogen (secondary N) is 1. The molecule has 1 aliphatic rings. The first-order valence-electron chi connectivity index (χ1n) is 6.31. The number of nitrogens with zero attached hydrogens (tertiary/aromatic N) is 1. The fourth-order valence-corrected chi connectivity index (χ4v) is 2.62. The number of hydrogen-bond donors (Lipinski definition) is 1. The van der Waals surface area contributed by atoms with E-state index in [0.29, 0.717) is 5.52 Å². The summed E-state index contributed by atoms with van der Waals surface area (Å²) < 4.78 is 13.5. The lowest BCUT2D eigenvalue weighted by Gasteiger charge is -2.25. The molecule has 17 heavy (non-hydrogen) atoms. The van der Waals surface area contributed by atoms with Crippen LogP contribution < -0.4 is 0 Å². The average molecular weight is 232 g/mol. The van der Waals surface area contributed by atoms with Gasteiger partial charge in [0.25, 0.3) is 0 Å². The van der Waals surface area contributed by atoms with E-state index >= 15 is 0 Å². The van der Waals surface area contributed by atoms with Gasteiger partial charge in [-0.15, -0.1) is 0 Å². The van der Waals surface area contributed by atoms with Gasteiger partial charge in [-0.05, 0) is 38.1 Å². The summed E-state index contributed by atoms with van der Waals surface area (Å²) in [6.07, 6.45) is 3.92. The van der Waals surface area contributed by atoms with Gasteiger partial charge in [-0.25, -0.2) is 4.39 Å². The summed E-state index contributed by atoms with van der Waals surface area (Å²) in [7, 11) is 0. The van der Waals surface area contributed by atoms with Crippen molar-refractivity contribution in [2.24, 2.45) is 0 Å². The Labute approximate surface area is 100 Å². The standard InChI is InChI=1S/C14H17FN2/c15-13-6-4-5-11-9-12(16-14(11)13)10-17-7-2-1-3-8-17/h4-6,9,16H,1-3,7-8,10H2. The molecule has 1 aliphatic heterocycles. The van der Waals surface area contributed by atoms with Crippen molar-refractivity contribution in [3.8, 4) is 0 Å². The maximum atomic E-state index is 13.5. The monoisotopic (exact) mass is 232 g/mol. The molecule has 90 valence electrons. The van der Waals surface area contributed by atoms with Gasteiger partial charge in [0.2, 0.25) is 0 Å². The Morgan fingerprint density at radius 2 is 2.00 bits per heavy atom. The first-order chi connectivity index (χ1) is 8.33. The molecule has 1 fully saturated rings. The van der Waals surface area contributed by atoms with Gasteiger partial charge in [-0.1, -0.05) is 18.6 Å². The zero-order valence-corrected chi connectivity index (χ0v) is 9.88. The molecule has 1 aromatic heterocycles. The Balaban J connectivity index is 1.83. The average Bonchev–Trinajstić information content (AvgIpc) is 2.74. The van der Waals surface area contributed by atoms with Crippen molar-refractivity contribution in [3.05, 3.63) is 35.8 Å². The minimum atomic E-state index is -0.160. The quantitative estimate of drug-likeness (QED) is 0.841. The molecule has 1 aromatic carbocycles. The lowest BCUT2D eigenvalue weighted by Crippen LogP contribution is -2.29. The molecule has 0 amide bonds. The Hall–Kier alpha value is -1.35. The number of para-hydroxylation sites is 1. The third kappa shape index (κ3) is 2.20. The second-order valence-electron chi connectivity index (χ2n) is 4.84. The Kier molecular flexibility index (Phi) is 2.85. The highest BCUT2D eigenvalue weighted by Gasteiger charge is 2.12. The molecular formula is C14H17FN2. The molecule has 0 unspecified atom stereocenters. The van der Waals surface area contributed by atoms with Gasteiger partial charge in [0.05, 0.1) is 5.52 Å². The molecule has 0 aliphatic carbocycles. The molecule has 0 bridgehead atoms. The number of piperidine rings is 1. The molecule has 2 aromatic rings. The van der Waals surface area contributed by atoms with Gasteiger partial charge in [-0.2, -0.15) is 0 Å². The van der Waals surface area contributed by atoms with E-state index in [1.165, 1.54) is 25.3 Å². The van der Waals surface area contributed by atoms with E-state index < -0.39 is 0 Å². The second-order valence-corrected chi connectivity index (χ2v) is 4.84. The number of benzene rings is 1. The molecule has 0 spiro atoms. The van der Waals surface area contributed by atoms with Crippen LogP contribution in [-0.4, -0.2) is 23.0 Å². The van der Waals surface area contributed by atoms with Crippen molar-refractivity contribution < 1.29 is 4.39 Å². The van der Waals surface area contributed by atoms with Crippen LogP contribution in [-0.2, 0) is 6.54 Å². The van der Waals surface area contributed by atoms with E-state index in [4.69, 9.17) is 0 Å². The Morgan fingerprint density at radius 1 is 1.18 bits per heavy atom. The highest BCUT2D eigenvalue weighted by atomic mass is 19.1. The summed E-state index contributed by atoms with van der Waals surface area (Å²) >= 11 is 0. The third-order valence-corrected chi connectivity index (χ3v) is 3.50. The van der Waals surface area contributed by atoms with Gasteiger partial charge >= 0.3 is 0 Å². The number of H-pyrrole nitrogens is 1. The lowest BCUT2D eigenvalue weighted by molar-refractivity contribution is 0.219. The van der Waals surface area contributed by atoms with Gasteiger partial charge in [-0.3, -0.25) is 4.90 Å². The van der Waals surface area contributed by atoms with Crippen molar-refractivity contribution in [2.45, 2.75) is 25.8 Å². The van der Waals surface area contributed by atoms with Crippen molar-refractivity contribution >= 4 is 10.9 Å². The van der Waals surface area contributed by atoms with Crippen LogP contribution in [0.5, 0.6) is 0 Å². The van der Waals surface area contributed by atoms with Crippen LogP contribution in [0.2, 0.25) is 0 Å². The fourth-order valence-electron chi connectivity index (χ4n) is 2.62. The summed E-state index contributed by atoms with van der Waals surface area (Å²) in [5.74, 6) is -0.160. The highest BCUT2D eigenvalue weighted by Crippen LogP contribution is 2.20. The van der Waals surface area contributed by atoms with Crippen LogP contribution in [0.3, 0.4) is 0 Å². The molecule has 2 nitrogen and oxygen atoms in total. The van der Waals surface area contributed by atoms with E-state index in [1.807, 2.05) is 6.07 Å². The summed E-state index contributed by atoms with van der Waals surface area (Å²) in [6.45, 7) is 3.24. The van der Waals surface area contributed by atoms with Crippen LogP contribution >= 0.6 is 0 Å². The van der Waals surface area contributed by atoms with Crippen molar-refractivity contribution in [1.29, 1.82) is 0 Å². The van der Waals surface area contributed by atoms with E-state index in [0.717, 1.165) is 30.7 Å². The molecule has 1 saturated heterocycles. The number of fused-ring (bicyclic) bond motifs is 1. The van der Waals surface area contributed by atoms with E-state index in [1.54, 1.807) is 6.07 Å². The second kappa shape index (κ2) is 4.49. The number of rotatable bonds is 2. The smallest absolute Gasteiger partial charge is 0.147 e. The first-order valence-corrected chi connectivity index (χ1v) is 6.31. The van der Waals surface area contributed by atoms with Crippen molar-refractivity contribution in [2.75, 3.05) is 13.1 Å². The van der Waals surface area contributed by atoms with E-state index in [-0.39, 0.29) is 5.82 Å². The Morgan fingerprint density at radius 3 is 2.76 bits per heavy atom. The molecule has 0 saturated carbocycles. The summed E-state index contributed by atoms with van der Waals surface area (Å²) in [5, 5.41) is 0.969. The van der Waals surface area contributed by atoms with Gasteiger partial charge < -0.3 is 4.98 Å². The van der Waals surface area contributed by atoms with Crippen LogP contribution in [0.1, 0.15) is 25.0 Å².